The lowest BCUT2D eigenvalue weighted by molar-refractivity contribution is 0.0675. The number of thiazole rings is 1. The van der Waals surface area contributed by atoms with Gasteiger partial charge in [-0.2, -0.15) is 0 Å². The average molecular weight is 363 g/mol. The Kier molecular flexibility index (Phi) is 5.37. The maximum absolute atomic E-state index is 12.7. The number of carbonyl (C=O) groups is 1. The number of aromatic nitrogens is 2. The molecule has 4 rings (SSSR count). The summed E-state index contributed by atoms with van der Waals surface area (Å²) in [6.45, 7) is 0. The third-order valence-corrected chi connectivity index (χ3v) is 5.58. The highest BCUT2D eigenvalue weighted by Gasteiger charge is 2.36. The Labute approximate surface area is 145 Å². The van der Waals surface area contributed by atoms with Crippen LogP contribution in [0.15, 0.2) is 17.9 Å². The van der Waals surface area contributed by atoms with Gasteiger partial charge in [-0.15, -0.1) is 36.2 Å². The van der Waals surface area contributed by atoms with Crippen LogP contribution in [0.3, 0.4) is 0 Å². The second-order valence-electron chi connectivity index (χ2n) is 5.90. The molecule has 2 fully saturated rings. The van der Waals surface area contributed by atoms with Crippen LogP contribution in [0.1, 0.15) is 36.2 Å². The maximum atomic E-state index is 12.7. The van der Waals surface area contributed by atoms with Gasteiger partial charge in [-0.25, -0.2) is 4.98 Å². The molecule has 2 saturated heterocycles. The molecule has 0 radical (unpaired) electrons. The van der Waals surface area contributed by atoms with Crippen molar-refractivity contribution in [1.29, 1.82) is 0 Å². The highest BCUT2D eigenvalue weighted by atomic mass is 35.5. The van der Waals surface area contributed by atoms with Crippen molar-refractivity contribution in [3.63, 3.8) is 0 Å². The van der Waals surface area contributed by atoms with Gasteiger partial charge in [0.2, 0.25) is 0 Å². The number of piperidine rings is 1. The Morgan fingerprint density at radius 2 is 2.05 bits per heavy atom. The molecule has 5 nitrogen and oxygen atoms in total. The molecule has 0 saturated carbocycles. The van der Waals surface area contributed by atoms with Gasteiger partial charge in [0, 0.05) is 30.6 Å². The first kappa shape index (κ1) is 17.5. The summed E-state index contributed by atoms with van der Waals surface area (Å²) < 4.78 is 1.89. The number of nitrogens with zero attached hydrogens (tertiary/aromatic N) is 3. The Balaban J connectivity index is 0.000000882. The van der Waals surface area contributed by atoms with E-state index in [2.05, 4.69) is 10.3 Å². The van der Waals surface area contributed by atoms with Gasteiger partial charge in [-0.3, -0.25) is 9.20 Å². The molecule has 2 unspecified atom stereocenters. The minimum Gasteiger partial charge on any atom is -0.337 e. The monoisotopic (exact) mass is 362 g/mol. The number of hydrogen-bond donors (Lipinski definition) is 1. The fraction of sp³-hybridized carbons (Fsp3) is 0.571. The number of amides is 1. The second kappa shape index (κ2) is 6.74. The maximum Gasteiger partial charge on any atom is 0.271 e. The Morgan fingerprint density at radius 3 is 2.73 bits per heavy atom. The predicted octanol–water partition coefficient (Wildman–Crippen LogP) is 2.59. The van der Waals surface area contributed by atoms with Crippen molar-refractivity contribution in [2.75, 3.05) is 7.05 Å². The number of hydrogen-bond acceptors (Lipinski definition) is 4. The van der Waals surface area contributed by atoms with Crippen molar-refractivity contribution < 1.29 is 4.79 Å². The molecule has 0 aromatic carbocycles. The van der Waals surface area contributed by atoms with Gasteiger partial charge >= 0.3 is 0 Å². The van der Waals surface area contributed by atoms with Crippen LogP contribution in [0, 0.1) is 0 Å². The molecule has 2 aromatic heterocycles. The molecular weight excluding hydrogens is 343 g/mol. The Hall–Kier alpha value is -0.820. The smallest absolute Gasteiger partial charge is 0.271 e. The van der Waals surface area contributed by atoms with E-state index in [-0.39, 0.29) is 30.7 Å². The summed E-state index contributed by atoms with van der Waals surface area (Å²) in [4.78, 5) is 19.8. The van der Waals surface area contributed by atoms with Crippen molar-refractivity contribution in [3.05, 3.63) is 23.6 Å². The molecule has 0 aliphatic carbocycles. The molecule has 1 amide bonds. The molecule has 0 spiro atoms. The molecule has 8 heteroatoms. The number of fused-ring (bicyclic) bond motifs is 3. The number of carbonyl (C=O) groups excluding carboxylic acids is 1. The van der Waals surface area contributed by atoms with Gasteiger partial charge in [0.15, 0.2) is 0 Å². The van der Waals surface area contributed by atoms with Gasteiger partial charge in [0.05, 0.1) is 6.20 Å². The van der Waals surface area contributed by atoms with Crippen LogP contribution in [0.4, 0.5) is 0 Å². The highest BCUT2D eigenvalue weighted by molar-refractivity contribution is 7.15. The van der Waals surface area contributed by atoms with E-state index in [0.29, 0.717) is 18.1 Å². The third-order valence-electron chi connectivity index (χ3n) is 4.69. The Morgan fingerprint density at radius 1 is 1.36 bits per heavy atom. The van der Waals surface area contributed by atoms with Crippen LogP contribution in [0.5, 0.6) is 0 Å². The zero-order chi connectivity index (χ0) is 13.7. The normalized spacial score (nSPS) is 26.3. The van der Waals surface area contributed by atoms with Crippen molar-refractivity contribution in [1.82, 2.24) is 19.6 Å². The minimum atomic E-state index is 0. The van der Waals surface area contributed by atoms with E-state index in [1.165, 1.54) is 12.8 Å². The van der Waals surface area contributed by atoms with E-state index in [9.17, 15) is 4.79 Å². The lowest BCUT2D eigenvalue weighted by Crippen LogP contribution is -2.48. The van der Waals surface area contributed by atoms with Crippen molar-refractivity contribution in [2.24, 2.45) is 0 Å². The lowest BCUT2D eigenvalue weighted by atomic mass is 9.98. The lowest BCUT2D eigenvalue weighted by Gasteiger charge is -2.35. The zero-order valence-electron chi connectivity index (χ0n) is 12.3. The SMILES string of the molecule is CN(C(=O)c1csc2cncn12)C1CC2CCC(C1)N2.Cl.Cl. The van der Waals surface area contributed by atoms with Crippen LogP contribution in [-0.2, 0) is 0 Å². The Bertz CT molecular complexity index is 646. The number of imidazole rings is 1. The first-order chi connectivity index (χ1) is 9.72. The van der Waals surface area contributed by atoms with Gasteiger partial charge in [-0.05, 0) is 25.7 Å². The number of rotatable bonds is 2. The molecule has 2 bridgehead atoms. The van der Waals surface area contributed by atoms with Crippen molar-refractivity contribution in [2.45, 2.75) is 43.8 Å². The van der Waals surface area contributed by atoms with E-state index in [4.69, 9.17) is 0 Å². The fourth-order valence-electron chi connectivity index (χ4n) is 3.57. The van der Waals surface area contributed by atoms with Crippen LogP contribution in [-0.4, -0.2) is 45.4 Å². The van der Waals surface area contributed by atoms with Gasteiger partial charge in [0.1, 0.15) is 16.9 Å². The summed E-state index contributed by atoms with van der Waals surface area (Å²) in [6, 6.07) is 1.56. The first-order valence-corrected chi connectivity index (χ1v) is 8.03. The van der Waals surface area contributed by atoms with Crippen LogP contribution < -0.4 is 5.32 Å². The third kappa shape index (κ3) is 2.85. The predicted molar refractivity (Wildman–Crippen MR) is 92.6 cm³/mol. The molecule has 2 aliphatic heterocycles. The molecule has 22 heavy (non-hydrogen) atoms. The minimum absolute atomic E-state index is 0. The number of halogens is 2. The van der Waals surface area contributed by atoms with Gasteiger partial charge < -0.3 is 10.2 Å². The highest BCUT2D eigenvalue weighted by Crippen LogP contribution is 2.30. The molecule has 2 atom stereocenters. The summed E-state index contributed by atoms with van der Waals surface area (Å²) in [6.07, 6.45) is 8.19. The molecule has 2 aromatic rings. The van der Waals surface area contributed by atoms with Crippen LogP contribution in [0.2, 0.25) is 0 Å². The fourth-order valence-corrected chi connectivity index (χ4v) is 4.39. The van der Waals surface area contributed by atoms with E-state index in [1.54, 1.807) is 23.9 Å². The summed E-state index contributed by atoms with van der Waals surface area (Å²) in [5, 5.41) is 5.56. The van der Waals surface area contributed by atoms with E-state index in [0.717, 1.165) is 23.4 Å². The average Bonchev–Trinajstić information content (AvgIpc) is 3.13. The van der Waals surface area contributed by atoms with Crippen LogP contribution in [0.25, 0.3) is 4.83 Å². The van der Waals surface area contributed by atoms with Crippen LogP contribution >= 0.6 is 36.2 Å². The van der Waals surface area contributed by atoms with E-state index < -0.39 is 0 Å². The second-order valence-corrected chi connectivity index (χ2v) is 6.79. The van der Waals surface area contributed by atoms with E-state index >= 15 is 0 Å². The molecule has 1 N–H and O–H groups in total. The first-order valence-electron chi connectivity index (χ1n) is 7.15. The molecule has 122 valence electrons. The topological polar surface area (TPSA) is 49.6 Å². The zero-order valence-corrected chi connectivity index (χ0v) is 14.7. The summed E-state index contributed by atoms with van der Waals surface area (Å²) >= 11 is 1.57. The number of nitrogens with one attached hydrogen (secondary N) is 1. The van der Waals surface area contributed by atoms with Gasteiger partial charge in [-0.1, -0.05) is 0 Å². The largest absolute Gasteiger partial charge is 0.337 e. The molecule has 2 aliphatic rings. The summed E-state index contributed by atoms with van der Waals surface area (Å²) in [7, 11) is 1.94. The summed E-state index contributed by atoms with van der Waals surface area (Å²) in [5.74, 6) is 0.112. The molecular formula is C14H20Cl2N4OS. The summed E-state index contributed by atoms with van der Waals surface area (Å²) in [5.41, 5.74) is 0.732. The quantitative estimate of drug-likeness (QED) is 0.892. The van der Waals surface area contributed by atoms with Crippen molar-refractivity contribution >= 4 is 46.9 Å². The van der Waals surface area contributed by atoms with Crippen molar-refractivity contribution in [3.8, 4) is 0 Å². The molecule has 4 heterocycles. The standard InChI is InChI=1S/C14H18N4OS.2ClH/c1-17(11-4-9-2-3-10(5-11)16-9)14(19)12-7-20-13-6-15-8-18(12)13;;/h6-11,16H,2-5H2,1H3;2*1H. The van der Waals surface area contributed by atoms with E-state index in [1.807, 2.05) is 21.7 Å². The van der Waals surface area contributed by atoms with Gasteiger partial charge in [0.25, 0.3) is 5.91 Å².